The molecule has 1 aromatic carbocycles. The van der Waals surface area contributed by atoms with Crippen LogP contribution in [-0.2, 0) is 0 Å². The molecule has 1 atom stereocenters. The van der Waals surface area contributed by atoms with Gasteiger partial charge in [0.1, 0.15) is 0 Å². The fourth-order valence-corrected chi connectivity index (χ4v) is 3.22. The molecule has 0 nitrogen and oxygen atoms in total. The van der Waals surface area contributed by atoms with E-state index < -0.39 is 0 Å². The van der Waals surface area contributed by atoms with Gasteiger partial charge in [-0.2, -0.15) is 0 Å². The Morgan fingerprint density at radius 2 is 1.88 bits per heavy atom. The van der Waals surface area contributed by atoms with Crippen LogP contribution in [-0.4, -0.2) is 0 Å². The second-order valence-electron chi connectivity index (χ2n) is 3.18. The third-order valence-corrected chi connectivity index (χ3v) is 5.21. The predicted molar refractivity (Wildman–Crippen MR) is 76.2 cm³/mol. The number of hydrogen-bond acceptors (Lipinski definition) is 1. The molecule has 0 saturated carbocycles. The Hall–Kier alpha value is 0.270. The zero-order valence-corrected chi connectivity index (χ0v) is 12.6. The summed E-state index contributed by atoms with van der Waals surface area (Å²) in [5.74, 6) is 0. The van der Waals surface area contributed by atoms with E-state index in [4.69, 9.17) is 34.8 Å². The summed E-state index contributed by atoms with van der Waals surface area (Å²) in [6, 6.07) is 9.45. The van der Waals surface area contributed by atoms with Crippen molar-refractivity contribution in [1.82, 2.24) is 0 Å². The monoisotopic (exact) mass is 354 g/mol. The minimum atomic E-state index is -0.189. The summed E-state index contributed by atoms with van der Waals surface area (Å²) in [7, 11) is 0. The summed E-state index contributed by atoms with van der Waals surface area (Å²) in [5.41, 5.74) is 0.997. The van der Waals surface area contributed by atoms with Crippen molar-refractivity contribution in [1.29, 1.82) is 0 Å². The number of halogens is 4. The van der Waals surface area contributed by atoms with E-state index in [1.165, 1.54) is 11.3 Å². The summed E-state index contributed by atoms with van der Waals surface area (Å²) >= 11 is 23.0. The Balaban J connectivity index is 2.33. The van der Waals surface area contributed by atoms with Gasteiger partial charge in [-0.3, -0.25) is 0 Å². The van der Waals surface area contributed by atoms with Gasteiger partial charge in [-0.15, -0.1) is 22.9 Å². The van der Waals surface area contributed by atoms with Crippen molar-refractivity contribution in [3.05, 3.63) is 54.6 Å². The smallest absolute Gasteiger partial charge is 0.0931 e. The maximum Gasteiger partial charge on any atom is 0.0931 e. The van der Waals surface area contributed by atoms with Crippen molar-refractivity contribution in [2.24, 2.45) is 0 Å². The van der Waals surface area contributed by atoms with Crippen molar-refractivity contribution in [2.75, 3.05) is 0 Å². The molecule has 0 fully saturated rings. The summed E-state index contributed by atoms with van der Waals surface area (Å²) < 4.78 is 1.59. The molecular weight excluding hydrogens is 350 g/mol. The van der Waals surface area contributed by atoms with Crippen molar-refractivity contribution < 1.29 is 0 Å². The molecule has 0 aliphatic heterocycles. The molecule has 0 aliphatic carbocycles. The minimum Gasteiger partial charge on any atom is -0.127 e. The third-order valence-electron chi connectivity index (χ3n) is 2.08. The fraction of sp³-hybridized carbons (Fsp3) is 0.0909. The lowest BCUT2D eigenvalue weighted by Gasteiger charge is -2.08. The maximum absolute atomic E-state index is 6.36. The SMILES string of the molecule is Clc1ccc(C(Cl)c2ccc(Cl)c(Br)c2)s1. The average molecular weight is 356 g/mol. The highest BCUT2D eigenvalue weighted by molar-refractivity contribution is 9.10. The summed E-state index contributed by atoms with van der Waals surface area (Å²) in [6.07, 6.45) is 0. The molecule has 1 unspecified atom stereocenters. The van der Waals surface area contributed by atoms with Crippen molar-refractivity contribution in [2.45, 2.75) is 5.38 Å². The largest absolute Gasteiger partial charge is 0.127 e. The van der Waals surface area contributed by atoms with E-state index in [0.717, 1.165) is 19.2 Å². The first-order valence-corrected chi connectivity index (χ1v) is 7.22. The molecule has 0 bridgehead atoms. The van der Waals surface area contributed by atoms with Crippen molar-refractivity contribution in [3.8, 4) is 0 Å². The Labute approximate surface area is 121 Å². The molecule has 0 amide bonds. The van der Waals surface area contributed by atoms with Gasteiger partial charge in [0.2, 0.25) is 0 Å². The lowest BCUT2D eigenvalue weighted by molar-refractivity contribution is 1.18. The molecule has 0 saturated heterocycles. The quantitative estimate of drug-likeness (QED) is 0.567. The van der Waals surface area contributed by atoms with Gasteiger partial charge in [0.05, 0.1) is 14.7 Å². The number of thiophene rings is 1. The van der Waals surface area contributed by atoms with E-state index in [-0.39, 0.29) is 5.38 Å². The minimum absolute atomic E-state index is 0.189. The Bertz CT molecular complexity index is 510. The Morgan fingerprint density at radius 1 is 1.12 bits per heavy atom. The maximum atomic E-state index is 6.36. The van der Waals surface area contributed by atoms with Crippen LogP contribution in [0.25, 0.3) is 0 Å². The zero-order chi connectivity index (χ0) is 11.7. The fourth-order valence-electron chi connectivity index (χ4n) is 1.30. The van der Waals surface area contributed by atoms with Gasteiger partial charge in [0.15, 0.2) is 0 Å². The number of benzene rings is 1. The zero-order valence-electron chi connectivity index (χ0n) is 7.88. The molecular formula is C11H6BrCl3S. The number of alkyl halides is 1. The normalized spacial score (nSPS) is 12.8. The molecule has 2 rings (SSSR count). The summed E-state index contributed by atoms with van der Waals surface area (Å²) in [5, 5.41) is 0.489. The van der Waals surface area contributed by atoms with E-state index in [2.05, 4.69) is 15.9 Å². The first kappa shape index (κ1) is 12.7. The van der Waals surface area contributed by atoms with E-state index in [1.54, 1.807) is 0 Å². The molecule has 0 spiro atoms. The second-order valence-corrected chi connectivity index (χ2v) is 6.62. The average Bonchev–Trinajstić information content (AvgIpc) is 2.68. The predicted octanol–water partition coefficient (Wildman–Crippen LogP) is 6.15. The van der Waals surface area contributed by atoms with Crippen LogP contribution in [0.4, 0.5) is 0 Å². The van der Waals surface area contributed by atoms with Crippen LogP contribution in [0.3, 0.4) is 0 Å². The molecule has 5 heteroatoms. The standard InChI is InChI=1S/C11H6BrCl3S/c12-7-5-6(1-2-8(7)13)11(15)9-3-4-10(14)16-9/h1-5,11H. The number of hydrogen-bond donors (Lipinski definition) is 0. The molecule has 0 radical (unpaired) electrons. The van der Waals surface area contributed by atoms with Gasteiger partial charge in [-0.1, -0.05) is 29.3 Å². The second kappa shape index (κ2) is 5.28. The van der Waals surface area contributed by atoms with E-state index in [0.29, 0.717) is 5.02 Å². The number of rotatable bonds is 2. The Morgan fingerprint density at radius 3 is 2.44 bits per heavy atom. The molecule has 1 aromatic heterocycles. The van der Waals surface area contributed by atoms with Crippen molar-refractivity contribution >= 4 is 62.1 Å². The first-order chi connectivity index (χ1) is 7.58. The van der Waals surface area contributed by atoms with Crippen LogP contribution in [0.1, 0.15) is 15.8 Å². The van der Waals surface area contributed by atoms with E-state index in [9.17, 15) is 0 Å². The van der Waals surface area contributed by atoms with Crippen LogP contribution >= 0.6 is 62.1 Å². The van der Waals surface area contributed by atoms with E-state index >= 15 is 0 Å². The van der Waals surface area contributed by atoms with Crippen LogP contribution in [0.5, 0.6) is 0 Å². The van der Waals surface area contributed by atoms with E-state index in [1.807, 2.05) is 30.3 Å². The summed E-state index contributed by atoms with van der Waals surface area (Å²) in [4.78, 5) is 1.03. The highest BCUT2D eigenvalue weighted by Crippen LogP contribution is 2.37. The Kier molecular flexibility index (Phi) is 4.20. The van der Waals surface area contributed by atoms with Gasteiger partial charge in [-0.25, -0.2) is 0 Å². The third kappa shape index (κ3) is 2.74. The van der Waals surface area contributed by atoms with Crippen molar-refractivity contribution in [3.63, 3.8) is 0 Å². The molecule has 0 N–H and O–H groups in total. The molecule has 0 aliphatic rings. The molecule has 84 valence electrons. The van der Waals surface area contributed by atoms with Gasteiger partial charge in [0.25, 0.3) is 0 Å². The van der Waals surface area contributed by atoms with Crippen LogP contribution in [0.15, 0.2) is 34.8 Å². The van der Waals surface area contributed by atoms with Crippen LogP contribution in [0, 0.1) is 0 Å². The van der Waals surface area contributed by atoms with Gasteiger partial charge in [0, 0.05) is 9.35 Å². The topological polar surface area (TPSA) is 0 Å². The van der Waals surface area contributed by atoms with Gasteiger partial charge in [-0.05, 0) is 45.8 Å². The highest BCUT2D eigenvalue weighted by atomic mass is 79.9. The highest BCUT2D eigenvalue weighted by Gasteiger charge is 2.14. The lowest BCUT2D eigenvalue weighted by Crippen LogP contribution is -1.89. The van der Waals surface area contributed by atoms with Gasteiger partial charge < -0.3 is 0 Å². The van der Waals surface area contributed by atoms with Crippen LogP contribution < -0.4 is 0 Å². The molecule has 1 heterocycles. The summed E-state index contributed by atoms with van der Waals surface area (Å²) in [6.45, 7) is 0. The molecule has 2 aromatic rings. The first-order valence-electron chi connectivity index (χ1n) is 4.42. The van der Waals surface area contributed by atoms with Gasteiger partial charge >= 0.3 is 0 Å². The lowest BCUT2D eigenvalue weighted by atomic mass is 10.1. The van der Waals surface area contributed by atoms with Crippen LogP contribution in [0.2, 0.25) is 9.36 Å². The molecule has 16 heavy (non-hydrogen) atoms.